The molecule has 1 amide bonds. The highest BCUT2D eigenvalue weighted by Gasteiger charge is 2.51. The highest BCUT2D eigenvalue weighted by Crippen LogP contribution is 2.30. The molecule has 0 aliphatic carbocycles. The first kappa shape index (κ1) is 92.3. The summed E-state index contributed by atoms with van der Waals surface area (Å²) in [6, 6.07) is -0.931. The molecule has 2 fully saturated rings. The van der Waals surface area contributed by atoms with Gasteiger partial charge >= 0.3 is 0 Å². The van der Waals surface area contributed by atoms with Crippen molar-refractivity contribution in [3.63, 3.8) is 0 Å². The van der Waals surface area contributed by atoms with E-state index in [1.54, 1.807) is 6.08 Å². The van der Waals surface area contributed by atoms with Crippen LogP contribution in [-0.2, 0) is 23.7 Å². The van der Waals surface area contributed by atoms with Crippen molar-refractivity contribution in [1.82, 2.24) is 5.32 Å². The minimum Gasteiger partial charge on any atom is -0.394 e. The molecule has 0 spiro atoms. The lowest BCUT2D eigenvalue weighted by Crippen LogP contribution is -2.65. The van der Waals surface area contributed by atoms with Gasteiger partial charge in [-0.3, -0.25) is 4.79 Å². The minimum absolute atomic E-state index is 0.240. The Bertz CT molecular complexity index is 1780. The molecule has 578 valence electrons. The first-order chi connectivity index (χ1) is 48.1. The molecule has 2 rings (SSSR count). The molecule has 14 nitrogen and oxygen atoms in total. The van der Waals surface area contributed by atoms with Crippen LogP contribution in [0.2, 0.25) is 0 Å². The number of allylic oxidation sites excluding steroid dienone is 5. The molecule has 0 aromatic heterocycles. The van der Waals surface area contributed by atoms with Crippen molar-refractivity contribution in [3.05, 3.63) is 36.5 Å². The van der Waals surface area contributed by atoms with Gasteiger partial charge in [0.2, 0.25) is 5.91 Å². The second kappa shape index (κ2) is 68.3. The van der Waals surface area contributed by atoms with Crippen LogP contribution in [0.3, 0.4) is 0 Å². The van der Waals surface area contributed by atoms with Crippen LogP contribution in [0.1, 0.15) is 399 Å². The van der Waals surface area contributed by atoms with E-state index in [0.29, 0.717) is 12.8 Å². The highest BCUT2D eigenvalue weighted by molar-refractivity contribution is 5.76. The van der Waals surface area contributed by atoms with Gasteiger partial charge in [0.1, 0.15) is 48.8 Å². The minimum atomic E-state index is -1.79. The van der Waals surface area contributed by atoms with Gasteiger partial charge in [0.25, 0.3) is 0 Å². The molecule has 12 atom stereocenters. The quantitative estimate of drug-likeness (QED) is 0.0204. The Morgan fingerprint density at radius 3 is 1.00 bits per heavy atom. The number of ether oxygens (including phenoxy) is 4. The molecular formula is C84H159NO13. The largest absolute Gasteiger partial charge is 0.394 e. The van der Waals surface area contributed by atoms with Crippen LogP contribution in [-0.4, -0.2) is 140 Å². The topological polar surface area (TPSA) is 228 Å². The van der Waals surface area contributed by atoms with E-state index in [4.69, 9.17) is 18.9 Å². The van der Waals surface area contributed by atoms with E-state index >= 15 is 0 Å². The molecule has 2 aliphatic heterocycles. The lowest BCUT2D eigenvalue weighted by molar-refractivity contribution is -0.359. The number of hydrogen-bond donors (Lipinski definition) is 9. The van der Waals surface area contributed by atoms with Crippen LogP contribution in [0.15, 0.2) is 36.5 Å². The summed E-state index contributed by atoms with van der Waals surface area (Å²) >= 11 is 0. The molecule has 0 aromatic carbocycles. The second-order valence-electron chi connectivity index (χ2n) is 30.0. The Morgan fingerprint density at radius 1 is 0.357 bits per heavy atom. The third-order valence-corrected chi connectivity index (χ3v) is 20.8. The van der Waals surface area contributed by atoms with Crippen LogP contribution in [0, 0.1) is 0 Å². The Morgan fingerprint density at radius 2 is 0.653 bits per heavy atom. The molecule has 0 bridgehead atoms. The fraction of sp³-hybridized carbons (Fsp3) is 0.917. The monoisotopic (exact) mass is 1390 g/mol. The number of hydrogen-bond acceptors (Lipinski definition) is 13. The molecule has 0 aromatic rings. The van der Waals surface area contributed by atoms with Gasteiger partial charge in [-0.2, -0.15) is 0 Å². The van der Waals surface area contributed by atoms with Crippen LogP contribution < -0.4 is 5.32 Å². The van der Waals surface area contributed by atoms with Gasteiger partial charge in [0, 0.05) is 6.42 Å². The van der Waals surface area contributed by atoms with Crippen LogP contribution in [0.25, 0.3) is 0 Å². The predicted molar refractivity (Wildman–Crippen MR) is 406 cm³/mol. The number of amides is 1. The molecule has 2 saturated heterocycles. The maximum Gasteiger partial charge on any atom is 0.220 e. The van der Waals surface area contributed by atoms with E-state index < -0.39 is 86.8 Å². The van der Waals surface area contributed by atoms with E-state index in [9.17, 15) is 45.6 Å². The molecular weight excluding hydrogens is 1230 g/mol. The van der Waals surface area contributed by atoms with Gasteiger partial charge in [-0.05, 0) is 57.8 Å². The summed E-state index contributed by atoms with van der Waals surface area (Å²) in [7, 11) is 0. The van der Waals surface area contributed by atoms with E-state index in [1.807, 2.05) is 6.08 Å². The Labute approximate surface area is 601 Å². The van der Waals surface area contributed by atoms with Gasteiger partial charge in [0.15, 0.2) is 12.6 Å². The summed E-state index contributed by atoms with van der Waals surface area (Å²) in [4.78, 5) is 13.4. The Hall–Kier alpha value is -1.79. The molecule has 2 aliphatic rings. The molecule has 9 N–H and O–H groups in total. The fourth-order valence-corrected chi connectivity index (χ4v) is 14.1. The molecule has 12 unspecified atom stereocenters. The first-order valence-electron chi connectivity index (χ1n) is 42.2. The zero-order chi connectivity index (χ0) is 70.8. The Kier molecular flexibility index (Phi) is 64.3. The standard InChI is InChI=1S/C84H159NO13/c1-3-5-7-9-11-13-15-17-19-21-23-25-27-28-29-30-31-32-33-34-35-36-37-38-39-40-41-42-43-44-46-48-50-52-54-56-58-60-62-64-66-68-76(89)85-72(71-95-83-81(94)79(92)82(75(70-87)97-83)98-84-80(93)78(91)77(90)74(69-86)96-84)73(88)67-65-63-61-59-57-55-53-51-49-47-45-26-24-22-20-18-16-14-12-10-8-6-4-2/h21,23,57,59,65,67,72-75,77-84,86-88,90-94H,3-20,22,24-56,58,60-64,66,68-71H2,1-2H3,(H,85,89)/b23-21-,59-57+,67-65+. The smallest absolute Gasteiger partial charge is 0.220 e. The summed E-state index contributed by atoms with van der Waals surface area (Å²) in [5.41, 5.74) is 0. The van der Waals surface area contributed by atoms with E-state index in [-0.39, 0.29) is 18.9 Å². The number of aliphatic hydroxyl groups excluding tert-OH is 8. The van der Waals surface area contributed by atoms with Crippen LogP contribution in [0.5, 0.6) is 0 Å². The molecule has 14 heteroatoms. The normalized spacial score (nSPS) is 22.1. The van der Waals surface area contributed by atoms with Crippen LogP contribution >= 0.6 is 0 Å². The second-order valence-corrected chi connectivity index (χ2v) is 30.0. The maximum absolute atomic E-state index is 13.4. The lowest BCUT2D eigenvalue weighted by Gasteiger charge is -2.46. The molecule has 0 saturated carbocycles. The number of unbranched alkanes of at least 4 members (excludes halogenated alkanes) is 55. The van der Waals surface area contributed by atoms with Crippen molar-refractivity contribution in [2.45, 2.75) is 473 Å². The van der Waals surface area contributed by atoms with Gasteiger partial charge in [0.05, 0.1) is 32.0 Å². The third kappa shape index (κ3) is 50.6. The zero-order valence-electron chi connectivity index (χ0n) is 63.6. The first-order valence-corrected chi connectivity index (χ1v) is 42.2. The predicted octanol–water partition coefficient (Wildman–Crippen LogP) is 19.6. The number of aliphatic hydroxyl groups is 8. The summed E-state index contributed by atoms with van der Waals surface area (Å²) in [6.45, 7) is 2.85. The van der Waals surface area contributed by atoms with Crippen molar-refractivity contribution in [1.29, 1.82) is 0 Å². The van der Waals surface area contributed by atoms with Crippen molar-refractivity contribution in [3.8, 4) is 0 Å². The SMILES string of the molecule is CCCCCCCCCC/C=C\CCCCCCCCCCCCCCCCCCCCCCCCCCCCCCCC(=O)NC(COC1OC(CO)C(OC2OC(CO)C(O)C(O)C2O)C(O)C1O)C(O)/C=C/CC/C=C/CCCCCCCCCCCCCCCCCCC. The van der Waals surface area contributed by atoms with Gasteiger partial charge in [-0.1, -0.05) is 371 Å². The van der Waals surface area contributed by atoms with Crippen molar-refractivity contribution >= 4 is 5.91 Å². The van der Waals surface area contributed by atoms with Crippen LogP contribution in [0.4, 0.5) is 0 Å². The number of rotatable bonds is 72. The molecule has 2 heterocycles. The van der Waals surface area contributed by atoms with E-state index in [1.165, 1.54) is 334 Å². The van der Waals surface area contributed by atoms with Crippen molar-refractivity contribution in [2.24, 2.45) is 0 Å². The summed E-state index contributed by atoms with van der Waals surface area (Å²) in [6.07, 6.45) is 74.1. The van der Waals surface area contributed by atoms with Gasteiger partial charge in [-0.25, -0.2) is 0 Å². The maximum atomic E-state index is 13.4. The average Bonchev–Trinajstić information content (AvgIpc) is 0.793. The Balaban J connectivity index is 1.56. The molecule has 0 radical (unpaired) electrons. The van der Waals surface area contributed by atoms with E-state index in [2.05, 4.69) is 43.5 Å². The van der Waals surface area contributed by atoms with Gasteiger partial charge < -0.3 is 65.1 Å². The number of carbonyl (C=O) groups is 1. The average molecular weight is 1390 g/mol. The summed E-state index contributed by atoms with van der Waals surface area (Å²) < 4.78 is 22.9. The number of nitrogens with one attached hydrogen (secondary N) is 1. The van der Waals surface area contributed by atoms with Gasteiger partial charge in [-0.15, -0.1) is 0 Å². The highest BCUT2D eigenvalue weighted by atomic mass is 16.7. The summed E-state index contributed by atoms with van der Waals surface area (Å²) in [5, 5.41) is 87.6. The fourth-order valence-electron chi connectivity index (χ4n) is 14.1. The van der Waals surface area contributed by atoms with E-state index in [0.717, 1.165) is 32.1 Å². The zero-order valence-corrected chi connectivity index (χ0v) is 63.6. The molecule has 98 heavy (non-hydrogen) atoms. The summed E-state index contributed by atoms with van der Waals surface area (Å²) in [5.74, 6) is -0.240. The van der Waals surface area contributed by atoms with Crippen molar-refractivity contribution in [2.75, 3.05) is 19.8 Å². The number of carbonyl (C=O) groups excluding carboxylic acids is 1. The van der Waals surface area contributed by atoms with Crippen molar-refractivity contribution < 1.29 is 64.6 Å². The third-order valence-electron chi connectivity index (χ3n) is 20.8. The lowest BCUT2D eigenvalue weighted by atomic mass is 9.97.